The number of hydrogen-bond donors (Lipinski definition) is 1. The lowest BCUT2D eigenvalue weighted by Gasteiger charge is -2.26. The Labute approximate surface area is 191 Å². The molecule has 0 radical (unpaired) electrons. The van der Waals surface area contributed by atoms with Gasteiger partial charge in [-0.05, 0) is 54.1 Å². The van der Waals surface area contributed by atoms with Crippen LogP contribution in [0.15, 0.2) is 72.8 Å². The van der Waals surface area contributed by atoms with Crippen LogP contribution >= 0.6 is 0 Å². The number of carbonyl (C=O) groups excluding carboxylic acids is 1. The summed E-state index contributed by atoms with van der Waals surface area (Å²) in [7, 11) is -3.60. The largest absolute Gasteiger partial charge is 0.486 e. The van der Waals surface area contributed by atoms with E-state index in [1.165, 1.54) is 28.6 Å². The Kier molecular flexibility index (Phi) is 6.50. The van der Waals surface area contributed by atoms with Crippen molar-refractivity contribution in [3.8, 4) is 11.5 Å². The average Bonchev–Trinajstić information content (AvgIpc) is 2.81. The highest BCUT2D eigenvalue weighted by Gasteiger charge is 2.22. The maximum absolute atomic E-state index is 13.2. The van der Waals surface area contributed by atoms with Gasteiger partial charge in [-0.25, -0.2) is 12.8 Å². The Balaban J connectivity index is 1.40. The van der Waals surface area contributed by atoms with Crippen LogP contribution in [0.5, 0.6) is 11.5 Å². The van der Waals surface area contributed by atoms with E-state index in [1.54, 1.807) is 24.3 Å². The van der Waals surface area contributed by atoms with E-state index in [1.807, 2.05) is 24.3 Å². The SMILES string of the molecule is CS(=O)(=O)N(Cc1ccc(F)cc1)c1ccc(C(=O)NC[C@@H]2COc3ccccc3O2)cc1. The maximum Gasteiger partial charge on any atom is 0.251 e. The highest BCUT2D eigenvalue weighted by atomic mass is 32.2. The summed E-state index contributed by atoms with van der Waals surface area (Å²) in [4.78, 5) is 12.6. The monoisotopic (exact) mass is 470 g/mol. The molecular formula is C24H23FN2O5S. The zero-order valence-corrected chi connectivity index (χ0v) is 18.7. The lowest BCUT2D eigenvalue weighted by atomic mass is 10.1. The Morgan fingerprint density at radius 1 is 1.03 bits per heavy atom. The predicted octanol–water partition coefficient (Wildman–Crippen LogP) is 3.36. The second-order valence-electron chi connectivity index (χ2n) is 7.65. The van der Waals surface area contributed by atoms with Crippen molar-refractivity contribution in [3.63, 3.8) is 0 Å². The third kappa shape index (κ3) is 5.61. The van der Waals surface area contributed by atoms with Gasteiger partial charge in [0.05, 0.1) is 25.0 Å². The van der Waals surface area contributed by atoms with Gasteiger partial charge in [0, 0.05) is 5.56 Å². The molecule has 0 saturated heterocycles. The second-order valence-corrected chi connectivity index (χ2v) is 9.56. The van der Waals surface area contributed by atoms with E-state index in [-0.39, 0.29) is 25.1 Å². The van der Waals surface area contributed by atoms with E-state index in [0.29, 0.717) is 34.9 Å². The van der Waals surface area contributed by atoms with Crippen LogP contribution in [-0.4, -0.2) is 39.8 Å². The number of rotatable bonds is 7. The molecule has 1 aliphatic rings. The third-order valence-electron chi connectivity index (χ3n) is 5.12. The molecule has 0 aliphatic carbocycles. The molecule has 172 valence electrons. The first kappa shape index (κ1) is 22.6. The summed E-state index contributed by atoms with van der Waals surface area (Å²) in [5, 5.41) is 2.81. The van der Waals surface area contributed by atoms with Crippen LogP contribution in [0.4, 0.5) is 10.1 Å². The third-order valence-corrected chi connectivity index (χ3v) is 6.26. The van der Waals surface area contributed by atoms with E-state index < -0.39 is 15.8 Å². The number of ether oxygens (including phenoxy) is 2. The van der Waals surface area contributed by atoms with Crippen molar-refractivity contribution in [2.75, 3.05) is 23.7 Å². The molecule has 1 amide bonds. The van der Waals surface area contributed by atoms with Crippen molar-refractivity contribution in [2.45, 2.75) is 12.6 Å². The zero-order valence-electron chi connectivity index (χ0n) is 17.9. The molecule has 7 nitrogen and oxygen atoms in total. The molecule has 0 fully saturated rings. The van der Waals surface area contributed by atoms with Crippen molar-refractivity contribution in [2.24, 2.45) is 0 Å². The van der Waals surface area contributed by atoms with Gasteiger partial charge in [0.15, 0.2) is 11.5 Å². The summed E-state index contributed by atoms with van der Waals surface area (Å²) in [6, 6.07) is 19.2. The van der Waals surface area contributed by atoms with Gasteiger partial charge in [-0.3, -0.25) is 9.10 Å². The molecule has 9 heteroatoms. The Morgan fingerprint density at radius 3 is 2.36 bits per heavy atom. The van der Waals surface area contributed by atoms with Gasteiger partial charge in [-0.15, -0.1) is 0 Å². The van der Waals surface area contributed by atoms with Crippen LogP contribution in [-0.2, 0) is 16.6 Å². The molecule has 0 saturated carbocycles. The first-order valence-electron chi connectivity index (χ1n) is 10.3. The van der Waals surface area contributed by atoms with Crippen LogP contribution in [0.3, 0.4) is 0 Å². The fourth-order valence-electron chi connectivity index (χ4n) is 3.41. The number of nitrogens with zero attached hydrogens (tertiary/aromatic N) is 1. The van der Waals surface area contributed by atoms with Crippen LogP contribution in [0, 0.1) is 5.82 Å². The van der Waals surface area contributed by atoms with Gasteiger partial charge < -0.3 is 14.8 Å². The van der Waals surface area contributed by atoms with E-state index in [4.69, 9.17) is 9.47 Å². The molecule has 4 rings (SSSR count). The molecule has 33 heavy (non-hydrogen) atoms. The van der Waals surface area contributed by atoms with Gasteiger partial charge in [0.2, 0.25) is 10.0 Å². The standard InChI is InChI=1S/C24H23FN2O5S/c1-33(29,30)27(15-17-6-10-19(25)11-7-17)20-12-8-18(9-13-20)24(28)26-14-21-16-31-22-4-2-3-5-23(22)32-21/h2-13,21H,14-16H2,1H3,(H,26,28)/t21-/m1/s1. The van der Waals surface area contributed by atoms with Crippen molar-refractivity contribution >= 4 is 21.6 Å². The summed E-state index contributed by atoms with van der Waals surface area (Å²) < 4.78 is 50.5. The van der Waals surface area contributed by atoms with Gasteiger partial charge in [0.1, 0.15) is 18.5 Å². The number of para-hydroxylation sites is 2. The molecule has 0 aromatic heterocycles. The minimum Gasteiger partial charge on any atom is -0.486 e. The summed E-state index contributed by atoms with van der Waals surface area (Å²) in [5.74, 6) is 0.601. The minimum atomic E-state index is -3.60. The number of nitrogens with one attached hydrogen (secondary N) is 1. The van der Waals surface area contributed by atoms with Gasteiger partial charge in [-0.1, -0.05) is 24.3 Å². The molecule has 1 aliphatic heterocycles. The molecule has 3 aromatic carbocycles. The molecule has 0 bridgehead atoms. The fourth-order valence-corrected chi connectivity index (χ4v) is 4.30. The molecule has 1 atom stereocenters. The maximum atomic E-state index is 13.2. The first-order chi connectivity index (χ1) is 15.8. The molecule has 1 N–H and O–H groups in total. The van der Waals surface area contributed by atoms with Crippen molar-refractivity contribution in [3.05, 3.63) is 89.7 Å². The highest BCUT2D eigenvalue weighted by Crippen LogP contribution is 2.30. The molecule has 0 spiro atoms. The number of fused-ring (bicyclic) bond motifs is 1. The first-order valence-corrected chi connectivity index (χ1v) is 12.1. The van der Waals surface area contributed by atoms with Crippen LogP contribution in [0.1, 0.15) is 15.9 Å². The lowest BCUT2D eigenvalue weighted by Crippen LogP contribution is -2.40. The summed E-state index contributed by atoms with van der Waals surface area (Å²) in [5.41, 5.74) is 1.42. The Morgan fingerprint density at radius 2 is 1.70 bits per heavy atom. The summed E-state index contributed by atoms with van der Waals surface area (Å²) in [6.07, 6.45) is 0.779. The van der Waals surface area contributed by atoms with Crippen LogP contribution < -0.4 is 19.1 Å². The van der Waals surface area contributed by atoms with Gasteiger partial charge in [0.25, 0.3) is 5.91 Å². The summed E-state index contributed by atoms with van der Waals surface area (Å²) >= 11 is 0. The summed E-state index contributed by atoms with van der Waals surface area (Å²) in [6.45, 7) is 0.628. The normalized spacial score (nSPS) is 15.0. The number of carbonyl (C=O) groups is 1. The average molecular weight is 471 g/mol. The van der Waals surface area contributed by atoms with E-state index >= 15 is 0 Å². The molecular weight excluding hydrogens is 447 g/mol. The number of benzene rings is 3. The van der Waals surface area contributed by atoms with Crippen molar-refractivity contribution in [1.29, 1.82) is 0 Å². The smallest absolute Gasteiger partial charge is 0.251 e. The number of amides is 1. The molecule has 3 aromatic rings. The number of anilines is 1. The number of hydrogen-bond acceptors (Lipinski definition) is 5. The van der Waals surface area contributed by atoms with Crippen LogP contribution in [0.2, 0.25) is 0 Å². The van der Waals surface area contributed by atoms with E-state index in [2.05, 4.69) is 5.32 Å². The van der Waals surface area contributed by atoms with Crippen LogP contribution in [0.25, 0.3) is 0 Å². The van der Waals surface area contributed by atoms with Crippen molar-refractivity contribution < 1.29 is 27.1 Å². The van der Waals surface area contributed by atoms with E-state index in [0.717, 1.165) is 6.26 Å². The fraction of sp³-hybridized carbons (Fsp3) is 0.208. The zero-order chi connectivity index (χ0) is 23.4. The predicted molar refractivity (Wildman–Crippen MR) is 123 cm³/mol. The van der Waals surface area contributed by atoms with Gasteiger partial charge >= 0.3 is 0 Å². The minimum absolute atomic E-state index is 0.0468. The van der Waals surface area contributed by atoms with Gasteiger partial charge in [-0.2, -0.15) is 0 Å². The molecule has 0 unspecified atom stereocenters. The van der Waals surface area contributed by atoms with Crippen molar-refractivity contribution in [1.82, 2.24) is 5.32 Å². The topological polar surface area (TPSA) is 84.9 Å². The molecule has 1 heterocycles. The Hall–Kier alpha value is -3.59. The second kappa shape index (κ2) is 9.50. The highest BCUT2D eigenvalue weighted by molar-refractivity contribution is 7.92. The number of halogens is 1. The van der Waals surface area contributed by atoms with E-state index in [9.17, 15) is 17.6 Å². The Bertz CT molecular complexity index is 1230. The number of sulfonamides is 1. The quantitative estimate of drug-likeness (QED) is 0.573. The lowest BCUT2D eigenvalue weighted by molar-refractivity contribution is 0.0789.